The first kappa shape index (κ1) is 41.1. The molecule has 1 N–H and O–H groups in total. The minimum absolute atomic E-state index is 0.0408. The normalized spacial score (nSPS) is 11.5. The summed E-state index contributed by atoms with van der Waals surface area (Å²) in [5.74, 6) is -4.12. The maximum absolute atomic E-state index is 13.4. The molecule has 0 aliphatic carbocycles. The third-order valence-corrected chi connectivity index (χ3v) is 7.61. The summed E-state index contributed by atoms with van der Waals surface area (Å²) < 4.78 is 16.5. The third kappa shape index (κ3) is 11.9. The number of nitrogens with zero attached hydrogens (tertiary/aromatic N) is 3. The maximum atomic E-state index is 13.4. The van der Waals surface area contributed by atoms with Crippen molar-refractivity contribution in [3.8, 4) is 11.5 Å². The van der Waals surface area contributed by atoms with E-state index < -0.39 is 64.4 Å². The molecule has 20 heteroatoms. The van der Waals surface area contributed by atoms with Crippen LogP contribution in [-0.4, -0.2) is 51.2 Å². The highest BCUT2D eigenvalue weighted by molar-refractivity contribution is 5.98. The van der Waals surface area contributed by atoms with Gasteiger partial charge in [-0.1, -0.05) is 42.5 Å². The van der Waals surface area contributed by atoms with E-state index in [1.807, 2.05) is 0 Å². The van der Waals surface area contributed by atoms with E-state index >= 15 is 0 Å². The van der Waals surface area contributed by atoms with E-state index in [0.717, 1.165) is 0 Å². The second-order valence-corrected chi connectivity index (χ2v) is 11.8. The molecule has 4 aromatic carbocycles. The van der Waals surface area contributed by atoms with Crippen molar-refractivity contribution >= 4 is 23.8 Å². The number of ether oxygens (including phenoxy) is 3. The first-order valence-corrected chi connectivity index (χ1v) is 16.3. The van der Waals surface area contributed by atoms with Gasteiger partial charge in [0, 0.05) is 12.0 Å². The highest BCUT2D eigenvalue weighted by Crippen LogP contribution is 2.32. The van der Waals surface area contributed by atoms with Gasteiger partial charge in [0.15, 0.2) is 11.5 Å². The summed E-state index contributed by atoms with van der Waals surface area (Å²) in [6.07, 6.45) is -0.271. The molecular weight excluding hydrogens is 744 g/mol. The molecule has 0 aliphatic heterocycles. The molecular formula is C36H32N4O16. The maximum Gasteiger partial charge on any atom is 0.343 e. The van der Waals surface area contributed by atoms with Gasteiger partial charge in [-0.25, -0.2) is 14.4 Å². The van der Waals surface area contributed by atoms with Crippen molar-refractivity contribution in [1.29, 1.82) is 0 Å². The smallest absolute Gasteiger partial charge is 0.343 e. The van der Waals surface area contributed by atoms with Crippen molar-refractivity contribution in [2.75, 3.05) is 6.61 Å². The lowest BCUT2D eigenvalue weighted by Crippen LogP contribution is -2.54. The fraction of sp³-hybridized carbons (Fsp3) is 0.222. The number of hydrogen-bond acceptors (Lipinski definition) is 16. The van der Waals surface area contributed by atoms with Crippen LogP contribution in [0.2, 0.25) is 0 Å². The highest BCUT2D eigenvalue weighted by Gasteiger charge is 2.37. The molecule has 0 aliphatic rings. The number of nitrogens with one attached hydrogen (secondary N) is 1. The lowest BCUT2D eigenvalue weighted by Gasteiger charge is -2.29. The predicted octanol–water partition coefficient (Wildman–Crippen LogP) is 4.54. The van der Waals surface area contributed by atoms with Crippen LogP contribution in [0.25, 0.3) is 0 Å². The van der Waals surface area contributed by atoms with E-state index in [4.69, 9.17) is 14.2 Å². The second kappa shape index (κ2) is 18.9. The molecule has 0 spiro atoms. The molecule has 0 bridgehead atoms. The van der Waals surface area contributed by atoms with E-state index in [9.17, 15) is 49.5 Å². The van der Waals surface area contributed by atoms with E-state index in [0.29, 0.717) is 5.56 Å². The van der Waals surface area contributed by atoms with Crippen molar-refractivity contribution in [1.82, 2.24) is 5.32 Å². The number of esters is 3. The summed E-state index contributed by atoms with van der Waals surface area (Å²) in [6.45, 7) is 1.54. The summed E-state index contributed by atoms with van der Waals surface area (Å²) >= 11 is 0. The van der Waals surface area contributed by atoms with Crippen molar-refractivity contribution in [2.24, 2.45) is 0 Å². The number of benzene rings is 4. The Balaban J connectivity index is 1.67. The lowest BCUT2D eigenvalue weighted by molar-refractivity contribution is -0.763. The van der Waals surface area contributed by atoms with Gasteiger partial charge in [-0.15, -0.1) is 30.3 Å². The Kier molecular flexibility index (Phi) is 13.9. The number of carbonyl (C=O) groups excluding carboxylic acids is 4. The van der Waals surface area contributed by atoms with Crippen LogP contribution in [-0.2, 0) is 50.3 Å². The monoisotopic (exact) mass is 776 g/mol. The van der Waals surface area contributed by atoms with Gasteiger partial charge in [0.2, 0.25) is 0 Å². The zero-order valence-corrected chi connectivity index (χ0v) is 29.6. The number of amides is 1. The Morgan fingerprint density at radius 1 is 0.607 bits per heavy atom. The van der Waals surface area contributed by atoms with Gasteiger partial charge in [-0.3, -0.25) is 4.79 Å². The SMILES string of the molecule is CCOC(=O)C(C)(Cc1ccc(OC(=O)c2cccc(CO[N+](=O)[O-])c2)c(OC(=O)c2cccc(CO[N+](=O)[O-])c2)c1)NC(=O)c1cccc(CO[N+](=O)[O-])c1. The standard InChI is InChI=1S/C36H32N4O16/c1-3-51-35(44)36(2,37-32(41)27-10-4-7-24(15-27)20-52-38(45)46)19-23-13-14-30(55-33(42)28-11-5-8-25(16-28)21-53-39(47)48)31(18-23)56-34(43)29-12-6-9-26(17-29)22-54-40(49)50/h4-18H,3,19-22H2,1-2H3,(H,37,41). The Labute approximate surface area is 316 Å². The minimum atomic E-state index is -1.77. The van der Waals surface area contributed by atoms with Crippen LogP contribution in [0.1, 0.15) is 67.2 Å². The predicted molar refractivity (Wildman–Crippen MR) is 187 cm³/mol. The molecule has 0 heterocycles. The Morgan fingerprint density at radius 3 is 1.52 bits per heavy atom. The molecule has 0 fully saturated rings. The average molecular weight is 777 g/mol. The summed E-state index contributed by atoms with van der Waals surface area (Å²) in [7, 11) is 0. The van der Waals surface area contributed by atoms with Gasteiger partial charge < -0.3 is 34.0 Å². The molecule has 20 nitrogen and oxygen atoms in total. The fourth-order valence-corrected chi connectivity index (χ4v) is 5.09. The Morgan fingerprint density at radius 2 is 1.05 bits per heavy atom. The van der Waals surface area contributed by atoms with Crippen molar-refractivity contribution in [3.63, 3.8) is 0 Å². The summed E-state index contributed by atoms with van der Waals surface area (Å²) in [5.41, 5.74) is -0.727. The molecule has 1 unspecified atom stereocenters. The largest absolute Gasteiger partial charge is 0.464 e. The van der Waals surface area contributed by atoms with Crippen LogP contribution in [0.5, 0.6) is 11.5 Å². The molecule has 4 aromatic rings. The summed E-state index contributed by atoms with van der Waals surface area (Å²) in [5, 5.41) is 31.6. The quantitative estimate of drug-likeness (QED) is 0.0592. The van der Waals surface area contributed by atoms with Gasteiger partial charge >= 0.3 is 17.9 Å². The Hall–Kier alpha value is -7.64. The second-order valence-electron chi connectivity index (χ2n) is 11.8. The van der Waals surface area contributed by atoms with Gasteiger partial charge in [0.05, 0.1) is 17.7 Å². The van der Waals surface area contributed by atoms with Crippen LogP contribution < -0.4 is 14.8 Å². The van der Waals surface area contributed by atoms with Crippen molar-refractivity contribution < 1.29 is 63.2 Å². The van der Waals surface area contributed by atoms with Gasteiger partial charge in [0.25, 0.3) is 21.2 Å². The van der Waals surface area contributed by atoms with Gasteiger partial charge in [-0.2, -0.15) is 0 Å². The molecule has 0 radical (unpaired) electrons. The number of rotatable bonds is 19. The minimum Gasteiger partial charge on any atom is -0.464 e. The average Bonchev–Trinajstić information content (AvgIpc) is 3.16. The van der Waals surface area contributed by atoms with Crippen LogP contribution >= 0.6 is 0 Å². The molecule has 4 rings (SSSR count). The third-order valence-electron chi connectivity index (χ3n) is 7.61. The molecule has 56 heavy (non-hydrogen) atoms. The zero-order valence-electron chi connectivity index (χ0n) is 29.6. The number of carbonyl (C=O) groups is 4. The molecule has 292 valence electrons. The van der Waals surface area contributed by atoms with Gasteiger partial charge in [0.1, 0.15) is 25.4 Å². The van der Waals surface area contributed by atoms with Crippen molar-refractivity contribution in [3.05, 3.63) is 160 Å². The summed E-state index contributed by atoms with van der Waals surface area (Å²) in [6, 6.07) is 20.8. The lowest BCUT2D eigenvalue weighted by atomic mass is 9.91. The molecule has 0 saturated carbocycles. The van der Waals surface area contributed by atoms with Crippen LogP contribution in [0.3, 0.4) is 0 Å². The van der Waals surface area contributed by atoms with Crippen LogP contribution in [0.4, 0.5) is 0 Å². The van der Waals surface area contributed by atoms with Gasteiger partial charge in [-0.05, 0) is 84.6 Å². The number of hydrogen-bond donors (Lipinski definition) is 1. The fourth-order valence-electron chi connectivity index (χ4n) is 5.09. The first-order valence-electron chi connectivity index (χ1n) is 16.3. The summed E-state index contributed by atoms with van der Waals surface area (Å²) in [4.78, 5) is 98.5. The highest BCUT2D eigenvalue weighted by atomic mass is 17.0. The Bertz CT molecular complexity index is 2140. The molecule has 1 amide bonds. The van der Waals surface area contributed by atoms with E-state index in [-0.39, 0.29) is 57.9 Å². The first-order chi connectivity index (χ1) is 26.6. The van der Waals surface area contributed by atoms with Crippen LogP contribution in [0.15, 0.2) is 91.0 Å². The van der Waals surface area contributed by atoms with E-state index in [1.54, 1.807) is 6.92 Å². The van der Waals surface area contributed by atoms with E-state index in [1.165, 1.54) is 97.9 Å². The topological polar surface area (TPSA) is 265 Å². The zero-order chi connectivity index (χ0) is 40.8. The van der Waals surface area contributed by atoms with Crippen molar-refractivity contribution in [2.45, 2.75) is 45.6 Å². The molecule has 0 aromatic heterocycles. The molecule has 1 atom stereocenters. The molecule has 0 saturated heterocycles. The van der Waals surface area contributed by atoms with Crippen LogP contribution in [0, 0.1) is 30.3 Å². The van der Waals surface area contributed by atoms with E-state index in [2.05, 4.69) is 19.8 Å².